The van der Waals surface area contributed by atoms with Gasteiger partial charge in [-0.05, 0) is 37.8 Å². The average molecular weight is 350 g/mol. The fraction of sp³-hybridized carbons (Fsp3) is 0.588. The van der Waals surface area contributed by atoms with Gasteiger partial charge in [0.2, 0.25) is 10.0 Å². The van der Waals surface area contributed by atoms with Gasteiger partial charge in [0.1, 0.15) is 10.7 Å². The largest absolute Gasteiger partial charge is 0.367 e. The number of anilines is 1. The molecule has 0 aromatic carbocycles. The summed E-state index contributed by atoms with van der Waals surface area (Å²) in [5.41, 5.74) is 0. The molecule has 0 spiro atoms. The fourth-order valence-corrected chi connectivity index (χ4v) is 4.81. The zero-order valence-corrected chi connectivity index (χ0v) is 14.8. The minimum absolute atomic E-state index is 0.288. The van der Waals surface area contributed by atoms with Crippen molar-refractivity contribution >= 4 is 15.8 Å². The van der Waals surface area contributed by atoms with Crippen molar-refractivity contribution in [3.63, 3.8) is 0 Å². The first-order valence-corrected chi connectivity index (χ1v) is 10.1. The second-order valence-electron chi connectivity index (χ2n) is 6.50. The van der Waals surface area contributed by atoms with Gasteiger partial charge in [0.05, 0.1) is 0 Å². The van der Waals surface area contributed by atoms with Crippen LogP contribution in [-0.4, -0.2) is 61.4 Å². The van der Waals surface area contributed by atoms with Crippen LogP contribution in [0.3, 0.4) is 0 Å². The van der Waals surface area contributed by atoms with Gasteiger partial charge in [-0.25, -0.2) is 13.4 Å². The van der Waals surface area contributed by atoms with Gasteiger partial charge in [0, 0.05) is 45.0 Å². The first kappa shape index (κ1) is 17.4. The molecule has 0 atom stereocenters. The average Bonchev–Trinajstić information content (AvgIpc) is 3.13. The molecule has 2 saturated heterocycles. The first-order valence-electron chi connectivity index (χ1n) is 8.65. The van der Waals surface area contributed by atoms with Crippen LogP contribution in [-0.2, 0) is 10.0 Å². The van der Waals surface area contributed by atoms with Crippen LogP contribution >= 0.6 is 0 Å². The minimum atomic E-state index is -3.38. The molecule has 2 aliphatic rings. The number of likely N-dealkylation sites (tertiary alicyclic amines) is 1. The van der Waals surface area contributed by atoms with Crippen molar-refractivity contribution in [2.24, 2.45) is 0 Å². The van der Waals surface area contributed by atoms with Crippen LogP contribution in [0.15, 0.2) is 35.9 Å². The lowest BCUT2D eigenvalue weighted by molar-refractivity contribution is 0.240. The monoisotopic (exact) mass is 350 g/mol. The van der Waals surface area contributed by atoms with Crippen molar-refractivity contribution in [3.8, 4) is 0 Å². The maximum atomic E-state index is 12.5. The summed E-state index contributed by atoms with van der Waals surface area (Å²) in [5, 5.41) is 3.42. The van der Waals surface area contributed by atoms with Gasteiger partial charge in [-0.2, -0.15) is 4.31 Å². The van der Waals surface area contributed by atoms with E-state index in [1.165, 1.54) is 6.20 Å². The van der Waals surface area contributed by atoms with Crippen LogP contribution < -0.4 is 5.32 Å². The Labute approximate surface area is 144 Å². The summed E-state index contributed by atoms with van der Waals surface area (Å²) < 4.78 is 26.5. The number of piperidine rings is 1. The molecule has 0 bridgehead atoms. The van der Waals surface area contributed by atoms with E-state index in [1.807, 2.05) is 6.08 Å². The molecule has 0 unspecified atom stereocenters. The summed E-state index contributed by atoms with van der Waals surface area (Å²) >= 11 is 0. The van der Waals surface area contributed by atoms with Crippen molar-refractivity contribution < 1.29 is 8.42 Å². The standard InChI is InChI=1S/C17H26N4O2S/c1-2-9-20-12-7-15(8-13-20)19-17-6-5-16(14-18-17)24(22,23)21-10-3-4-11-21/h2,5-6,14-15H,1,3-4,7-13H2,(H,18,19). The van der Waals surface area contributed by atoms with E-state index in [2.05, 4.69) is 21.8 Å². The van der Waals surface area contributed by atoms with Crippen molar-refractivity contribution in [2.75, 3.05) is 38.0 Å². The molecule has 3 rings (SSSR count). The van der Waals surface area contributed by atoms with E-state index in [0.29, 0.717) is 19.1 Å². The Morgan fingerprint density at radius 3 is 2.50 bits per heavy atom. The molecule has 6 nitrogen and oxygen atoms in total. The highest BCUT2D eigenvalue weighted by molar-refractivity contribution is 7.89. The Kier molecular flexibility index (Phi) is 5.53. The molecule has 0 amide bonds. The topological polar surface area (TPSA) is 65.5 Å². The number of rotatable bonds is 6. The van der Waals surface area contributed by atoms with E-state index >= 15 is 0 Å². The zero-order valence-electron chi connectivity index (χ0n) is 14.0. The molecular formula is C17H26N4O2S. The number of nitrogens with zero attached hydrogens (tertiary/aromatic N) is 3. The maximum absolute atomic E-state index is 12.5. The Hall–Kier alpha value is -1.44. The second-order valence-corrected chi connectivity index (χ2v) is 8.44. The lowest BCUT2D eigenvalue weighted by atomic mass is 10.1. The molecule has 7 heteroatoms. The molecule has 2 aliphatic heterocycles. The SMILES string of the molecule is C=CCN1CCC(Nc2ccc(S(=O)(=O)N3CCCC3)cn2)CC1. The molecule has 24 heavy (non-hydrogen) atoms. The van der Waals surface area contributed by atoms with Crippen LogP contribution in [0.4, 0.5) is 5.82 Å². The highest BCUT2D eigenvalue weighted by Crippen LogP contribution is 2.22. The Morgan fingerprint density at radius 2 is 1.92 bits per heavy atom. The predicted octanol–water partition coefficient (Wildman–Crippen LogP) is 1.93. The van der Waals surface area contributed by atoms with E-state index in [0.717, 1.165) is 51.1 Å². The molecule has 1 aromatic heterocycles. The highest BCUT2D eigenvalue weighted by atomic mass is 32.2. The summed E-state index contributed by atoms with van der Waals surface area (Å²) in [6, 6.07) is 3.83. The summed E-state index contributed by atoms with van der Waals surface area (Å²) in [5.74, 6) is 0.748. The highest BCUT2D eigenvalue weighted by Gasteiger charge is 2.27. The Balaban J connectivity index is 1.58. The molecule has 2 fully saturated rings. The number of hydrogen-bond acceptors (Lipinski definition) is 5. The molecule has 132 valence electrons. The van der Waals surface area contributed by atoms with Gasteiger partial charge in [0.15, 0.2) is 0 Å². The van der Waals surface area contributed by atoms with Gasteiger partial charge in [-0.15, -0.1) is 6.58 Å². The quantitative estimate of drug-likeness (QED) is 0.794. The minimum Gasteiger partial charge on any atom is -0.367 e. The fourth-order valence-electron chi connectivity index (χ4n) is 3.35. The zero-order chi connectivity index (χ0) is 17.0. The summed E-state index contributed by atoms with van der Waals surface area (Å²) in [4.78, 5) is 6.99. The van der Waals surface area contributed by atoms with E-state index in [-0.39, 0.29) is 4.90 Å². The molecule has 1 N–H and O–H groups in total. The smallest absolute Gasteiger partial charge is 0.244 e. The van der Waals surface area contributed by atoms with E-state index in [1.54, 1.807) is 16.4 Å². The summed E-state index contributed by atoms with van der Waals surface area (Å²) in [7, 11) is -3.38. The van der Waals surface area contributed by atoms with Crippen LogP contribution in [0.2, 0.25) is 0 Å². The maximum Gasteiger partial charge on any atom is 0.244 e. The number of aromatic nitrogens is 1. The number of nitrogens with one attached hydrogen (secondary N) is 1. The lowest BCUT2D eigenvalue weighted by Gasteiger charge is -2.31. The molecular weight excluding hydrogens is 324 g/mol. The van der Waals surface area contributed by atoms with Crippen LogP contribution in [0.5, 0.6) is 0 Å². The first-order chi connectivity index (χ1) is 11.6. The van der Waals surface area contributed by atoms with Crippen LogP contribution in [0.25, 0.3) is 0 Å². The number of sulfonamides is 1. The van der Waals surface area contributed by atoms with Gasteiger partial charge in [-0.3, -0.25) is 4.90 Å². The summed E-state index contributed by atoms with van der Waals surface area (Å²) in [6.45, 7) is 8.04. The molecule has 0 aliphatic carbocycles. The van der Waals surface area contributed by atoms with E-state index < -0.39 is 10.0 Å². The van der Waals surface area contributed by atoms with Gasteiger partial charge >= 0.3 is 0 Å². The van der Waals surface area contributed by atoms with Crippen LogP contribution in [0, 0.1) is 0 Å². The number of hydrogen-bond donors (Lipinski definition) is 1. The third kappa shape index (κ3) is 3.96. The third-order valence-corrected chi connectivity index (χ3v) is 6.65. The molecule has 3 heterocycles. The van der Waals surface area contributed by atoms with Gasteiger partial charge in [0.25, 0.3) is 0 Å². The van der Waals surface area contributed by atoms with Crippen molar-refractivity contribution in [2.45, 2.75) is 36.6 Å². The van der Waals surface area contributed by atoms with Crippen molar-refractivity contribution in [3.05, 3.63) is 31.0 Å². The van der Waals surface area contributed by atoms with Crippen LogP contribution in [0.1, 0.15) is 25.7 Å². The van der Waals surface area contributed by atoms with Crippen molar-refractivity contribution in [1.82, 2.24) is 14.2 Å². The molecule has 1 aromatic rings. The second kappa shape index (κ2) is 7.63. The number of pyridine rings is 1. The molecule has 0 radical (unpaired) electrons. The summed E-state index contributed by atoms with van der Waals surface area (Å²) in [6.07, 6.45) is 7.41. The Bertz CT molecular complexity index is 646. The molecule has 0 saturated carbocycles. The normalized spacial score (nSPS) is 21.0. The van der Waals surface area contributed by atoms with Gasteiger partial charge < -0.3 is 5.32 Å². The van der Waals surface area contributed by atoms with Gasteiger partial charge in [-0.1, -0.05) is 6.08 Å². The van der Waals surface area contributed by atoms with E-state index in [9.17, 15) is 8.42 Å². The Morgan fingerprint density at radius 1 is 1.21 bits per heavy atom. The van der Waals surface area contributed by atoms with E-state index in [4.69, 9.17) is 0 Å². The third-order valence-electron chi connectivity index (χ3n) is 4.77. The van der Waals surface area contributed by atoms with Crippen molar-refractivity contribution in [1.29, 1.82) is 0 Å². The predicted molar refractivity (Wildman–Crippen MR) is 95.5 cm³/mol. The lowest BCUT2D eigenvalue weighted by Crippen LogP contribution is -2.39.